The molecule has 2 atom stereocenters. The van der Waals surface area contributed by atoms with E-state index in [1.54, 1.807) is 0 Å². The van der Waals surface area contributed by atoms with Crippen LogP contribution in [0, 0.1) is 23.7 Å². The van der Waals surface area contributed by atoms with Crippen molar-refractivity contribution in [3.8, 4) is 0 Å². The monoisotopic (exact) mass is 606 g/mol. The molecule has 0 aliphatic carbocycles. The van der Waals surface area contributed by atoms with Crippen LogP contribution in [-0.2, 0) is 18.6 Å². The molecule has 0 radical (unpaired) electrons. The minimum Gasteiger partial charge on any atom is -0.133 e. The molecule has 0 saturated heterocycles. The molecule has 2 aromatic carbocycles. The lowest BCUT2D eigenvalue weighted by Crippen LogP contribution is -2.00. The Morgan fingerprint density at radius 2 is 1.32 bits per heavy atom. The van der Waals surface area contributed by atoms with E-state index in [0.717, 1.165) is 29.4 Å². The van der Waals surface area contributed by atoms with E-state index in [0.29, 0.717) is 0 Å². The van der Waals surface area contributed by atoms with Gasteiger partial charge < -0.3 is 0 Å². The second-order valence-corrected chi connectivity index (χ2v) is 16.8. The first-order chi connectivity index (χ1) is 19.7. The summed E-state index contributed by atoms with van der Waals surface area (Å²) in [5.41, 5.74) is 4.44. The molecule has 1 aliphatic rings. The van der Waals surface area contributed by atoms with Gasteiger partial charge in [0.2, 0.25) is 0 Å². The Balaban J connectivity index is 1.36. The van der Waals surface area contributed by atoms with Crippen molar-refractivity contribution in [1.82, 2.24) is 0 Å². The van der Waals surface area contributed by atoms with E-state index in [1.807, 2.05) is 34.9 Å². The molecular weight excluding hydrogens is 553 g/mol. The van der Waals surface area contributed by atoms with Gasteiger partial charge in [-0.25, -0.2) is 0 Å². The van der Waals surface area contributed by atoms with Crippen LogP contribution >= 0.6 is 34.9 Å². The first kappa shape index (κ1) is 32.7. The van der Waals surface area contributed by atoms with E-state index in [4.69, 9.17) is 0 Å². The van der Waals surface area contributed by atoms with Crippen LogP contribution in [0.4, 0.5) is 0 Å². The number of thiophene rings is 1. The van der Waals surface area contributed by atoms with Crippen LogP contribution < -0.4 is 0 Å². The maximum Gasteiger partial charge on any atom is 0.0552 e. The van der Waals surface area contributed by atoms with Crippen LogP contribution in [0.2, 0.25) is 0 Å². The normalized spacial score (nSPS) is 15.2. The predicted octanol–water partition coefficient (Wildman–Crippen LogP) is 13.5. The molecule has 0 amide bonds. The second-order valence-electron chi connectivity index (χ2n) is 13.6. The Kier molecular flexibility index (Phi) is 12.8. The molecule has 0 spiro atoms. The van der Waals surface area contributed by atoms with Gasteiger partial charge in [0.1, 0.15) is 0 Å². The van der Waals surface area contributed by atoms with Crippen LogP contribution in [-0.4, -0.2) is 0 Å². The number of thioether (sulfide) groups is 2. The third-order valence-corrected chi connectivity index (χ3v) is 12.4. The summed E-state index contributed by atoms with van der Waals surface area (Å²) in [6, 6.07) is 14.5. The largest absolute Gasteiger partial charge is 0.133 e. The van der Waals surface area contributed by atoms with Gasteiger partial charge in [0.15, 0.2) is 0 Å². The number of benzene rings is 2. The first-order valence-electron chi connectivity index (χ1n) is 16.4. The number of fused-ring (bicyclic) bond motifs is 4. The molecule has 0 saturated carbocycles. The summed E-state index contributed by atoms with van der Waals surface area (Å²) in [6.07, 6.45) is 14.6. The van der Waals surface area contributed by atoms with Crippen molar-refractivity contribution >= 4 is 49.9 Å². The predicted molar refractivity (Wildman–Crippen MR) is 190 cm³/mol. The summed E-state index contributed by atoms with van der Waals surface area (Å²) in [7, 11) is 0. The Labute approximate surface area is 264 Å². The molecule has 0 fully saturated rings. The molecule has 4 rings (SSSR count). The zero-order valence-corrected chi connectivity index (χ0v) is 29.1. The molecule has 1 aliphatic heterocycles. The highest BCUT2D eigenvalue weighted by Crippen LogP contribution is 2.50. The zero-order valence-electron chi connectivity index (χ0n) is 26.7. The van der Waals surface area contributed by atoms with Gasteiger partial charge in [0.25, 0.3) is 0 Å². The van der Waals surface area contributed by atoms with E-state index in [-0.39, 0.29) is 0 Å². The van der Waals surface area contributed by atoms with Gasteiger partial charge in [-0.15, -0.1) is 23.1 Å². The number of unbranched alkanes of at least 4 members (excludes halogenated alkanes) is 1. The van der Waals surface area contributed by atoms with Crippen molar-refractivity contribution in [3.63, 3.8) is 0 Å². The molecule has 2 heterocycles. The summed E-state index contributed by atoms with van der Waals surface area (Å²) in [6.45, 7) is 18.8. The van der Waals surface area contributed by atoms with Crippen molar-refractivity contribution in [3.05, 3.63) is 64.5 Å². The fraction of sp³-hybridized carbons (Fsp3) is 0.579. The van der Waals surface area contributed by atoms with Crippen LogP contribution in [0.3, 0.4) is 0 Å². The van der Waals surface area contributed by atoms with Crippen LogP contribution in [0.5, 0.6) is 0 Å². The van der Waals surface area contributed by atoms with Crippen molar-refractivity contribution in [1.29, 1.82) is 0 Å². The van der Waals surface area contributed by atoms with E-state index >= 15 is 0 Å². The zero-order chi connectivity index (χ0) is 29.4. The standard InChI is InChI=1S/C38H54S3/c1-26(2)11-8-9-13-28(5)15-18-32-20-22-34-36(24-32)41-37-30(7)40-35-23-31(19-21-33(35)25-39-38(34)37)17-16-29(6)14-10-12-27(3)4/h19-24,26-29H,7-18,25H2,1-6H3. The number of hydrogen-bond donors (Lipinski definition) is 0. The molecule has 2 unspecified atom stereocenters. The van der Waals surface area contributed by atoms with Crippen molar-refractivity contribution in [2.45, 2.75) is 128 Å². The lowest BCUT2D eigenvalue weighted by molar-refractivity contribution is 0.437. The molecule has 0 N–H and O–H groups in total. The minimum atomic E-state index is 0.804. The number of hydrogen-bond acceptors (Lipinski definition) is 3. The molecular formula is C38H54S3. The summed E-state index contributed by atoms with van der Waals surface area (Å²) in [5, 5.41) is 1.42. The first-order valence-corrected chi connectivity index (χ1v) is 19.0. The third-order valence-electron chi connectivity index (χ3n) is 8.76. The fourth-order valence-electron chi connectivity index (χ4n) is 5.93. The van der Waals surface area contributed by atoms with Gasteiger partial charge >= 0.3 is 0 Å². The maximum atomic E-state index is 4.59. The molecule has 1 aromatic heterocycles. The van der Waals surface area contributed by atoms with Gasteiger partial charge in [0, 0.05) is 30.5 Å². The van der Waals surface area contributed by atoms with Gasteiger partial charge in [-0.2, -0.15) is 0 Å². The Hall–Kier alpha value is -1.16. The number of rotatable bonds is 15. The van der Waals surface area contributed by atoms with E-state index in [9.17, 15) is 0 Å². The highest BCUT2D eigenvalue weighted by atomic mass is 32.2. The highest BCUT2D eigenvalue weighted by Gasteiger charge is 2.21. The molecule has 3 aromatic rings. The smallest absolute Gasteiger partial charge is 0.0552 e. The summed E-state index contributed by atoms with van der Waals surface area (Å²) in [5.74, 6) is 4.31. The van der Waals surface area contributed by atoms with E-state index in [1.165, 1.54) is 117 Å². The third kappa shape index (κ3) is 9.94. The molecule has 41 heavy (non-hydrogen) atoms. The Bertz CT molecular complexity index is 1260. The molecule has 0 nitrogen and oxygen atoms in total. The lowest BCUT2D eigenvalue weighted by atomic mass is 9.94. The average molecular weight is 607 g/mol. The van der Waals surface area contributed by atoms with Crippen molar-refractivity contribution in [2.75, 3.05) is 0 Å². The topological polar surface area (TPSA) is 0 Å². The second kappa shape index (κ2) is 16.1. The van der Waals surface area contributed by atoms with Crippen LogP contribution in [0.15, 0.2) is 52.8 Å². The molecule has 0 bridgehead atoms. The van der Waals surface area contributed by atoms with Crippen LogP contribution in [0.1, 0.15) is 121 Å². The van der Waals surface area contributed by atoms with E-state index < -0.39 is 0 Å². The fourth-order valence-corrected chi connectivity index (χ4v) is 9.81. The summed E-state index contributed by atoms with van der Waals surface area (Å²) in [4.78, 5) is 5.46. The molecule has 224 valence electrons. The summed E-state index contributed by atoms with van der Waals surface area (Å²) >= 11 is 5.88. The van der Waals surface area contributed by atoms with E-state index in [2.05, 4.69) is 84.5 Å². The van der Waals surface area contributed by atoms with Gasteiger partial charge in [-0.05, 0) is 78.2 Å². The minimum absolute atomic E-state index is 0.804. The lowest BCUT2D eigenvalue weighted by Gasteiger charge is -2.17. The van der Waals surface area contributed by atoms with Crippen molar-refractivity contribution in [2.24, 2.45) is 23.7 Å². The van der Waals surface area contributed by atoms with Crippen molar-refractivity contribution < 1.29 is 0 Å². The Morgan fingerprint density at radius 3 is 2.02 bits per heavy atom. The molecule has 3 heteroatoms. The quantitative estimate of drug-likeness (QED) is 0.158. The SMILES string of the molecule is C=C1Sc2cc(CCC(C)CCCC(C)C)ccc2CSc2c1sc1cc(CCC(C)CCCCC(C)C)ccc21. The average Bonchev–Trinajstić information content (AvgIpc) is 3.29. The van der Waals surface area contributed by atoms with Gasteiger partial charge in [-0.1, -0.05) is 129 Å². The number of aryl methyl sites for hydroxylation is 2. The Morgan fingerprint density at radius 1 is 0.707 bits per heavy atom. The van der Waals surface area contributed by atoms with Crippen LogP contribution in [0.25, 0.3) is 15.0 Å². The van der Waals surface area contributed by atoms with Gasteiger partial charge in [-0.3, -0.25) is 0 Å². The maximum absolute atomic E-state index is 4.59. The highest BCUT2D eigenvalue weighted by molar-refractivity contribution is 8.09. The van der Waals surface area contributed by atoms with Gasteiger partial charge in [0.05, 0.1) is 4.88 Å². The summed E-state index contributed by atoms with van der Waals surface area (Å²) < 4.78 is 1.43.